The number of hydrogen-bond acceptors (Lipinski definition) is 5. The van der Waals surface area contributed by atoms with E-state index in [9.17, 15) is 9.90 Å². The third-order valence-electron chi connectivity index (χ3n) is 3.49. The molecule has 0 spiro atoms. The van der Waals surface area contributed by atoms with Gasteiger partial charge in [0.1, 0.15) is 0 Å². The number of rotatable bonds is 4. The topological polar surface area (TPSA) is 71.9 Å². The Hall–Kier alpha value is -1.66. The van der Waals surface area contributed by atoms with Gasteiger partial charge < -0.3 is 19.5 Å². The molecule has 2 rings (SSSR count). The first-order valence-electron chi connectivity index (χ1n) is 6.60. The van der Waals surface area contributed by atoms with Crippen LogP contribution in [0.15, 0.2) is 18.3 Å². The van der Waals surface area contributed by atoms with Crippen molar-refractivity contribution in [2.75, 3.05) is 33.9 Å². The number of amides is 1. The summed E-state index contributed by atoms with van der Waals surface area (Å²) in [7, 11) is 3.20. The average molecular weight is 280 g/mol. The molecule has 1 N–H and O–H groups in total. The summed E-state index contributed by atoms with van der Waals surface area (Å²) in [6.45, 7) is 1.35. The molecule has 1 aliphatic heterocycles. The fourth-order valence-corrected chi connectivity index (χ4v) is 2.27. The van der Waals surface area contributed by atoms with Gasteiger partial charge in [0.05, 0.1) is 18.3 Å². The zero-order valence-electron chi connectivity index (χ0n) is 11.8. The number of carbonyl (C=O) groups excluding carboxylic acids is 1. The van der Waals surface area contributed by atoms with Crippen molar-refractivity contribution in [3.8, 4) is 5.88 Å². The van der Waals surface area contributed by atoms with Crippen molar-refractivity contribution in [1.82, 2.24) is 9.88 Å². The highest BCUT2D eigenvalue weighted by molar-refractivity contribution is 5.93. The van der Waals surface area contributed by atoms with Gasteiger partial charge in [-0.05, 0) is 6.07 Å². The maximum absolute atomic E-state index is 12.3. The molecule has 110 valence electrons. The zero-order chi connectivity index (χ0) is 14.6. The van der Waals surface area contributed by atoms with Crippen LogP contribution >= 0.6 is 0 Å². The third kappa shape index (κ3) is 3.46. The van der Waals surface area contributed by atoms with Crippen LogP contribution in [-0.4, -0.2) is 60.4 Å². The first kappa shape index (κ1) is 14.7. The Balaban J connectivity index is 2.00. The van der Waals surface area contributed by atoms with Crippen LogP contribution in [0.5, 0.6) is 5.88 Å². The molecule has 0 unspecified atom stereocenters. The summed E-state index contributed by atoms with van der Waals surface area (Å²) >= 11 is 0. The lowest BCUT2D eigenvalue weighted by Crippen LogP contribution is -2.47. The zero-order valence-corrected chi connectivity index (χ0v) is 11.8. The average Bonchev–Trinajstić information content (AvgIpc) is 2.47. The van der Waals surface area contributed by atoms with Gasteiger partial charge in [-0.1, -0.05) is 0 Å². The van der Waals surface area contributed by atoms with Crippen LogP contribution in [0.1, 0.15) is 23.2 Å². The Morgan fingerprint density at radius 1 is 1.50 bits per heavy atom. The van der Waals surface area contributed by atoms with Crippen LogP contribution in [-0.2, 0) is 4.74 Å². The molecule has 1 aromatic rings. The van der Waals surface area contributed by atoms with Gasteiger partial charge in [0.2, 0.25) is 5.88 Å². The molecule has 2 heterocycles. The molecule has 0 atom stereocenters. The molecule has 1 fully saturated rings. The molecule has 6 nitrogen and oxygen atoms in total. The first-order valence-corrected chi connectivity index (χ1v) is 6.60. The van der Waals surface area contributed by atoms with Gasteiger partial charge in [0, 0.05) is 51.9 Å². The summed E-state index contributed by atoms with van der Waals surface area (Å²) in [5.74, 6) is 0.298. The van der Waals surface area contributed by atoms with Crippen molar-refractivity contribution >= 4 is 5.91 Å². The van der Waals surface area contributed by atoms with Gasteiger partial charge in [0.25, 0.3) is 5.91 Å². The summed E-state index contributed by atoms with van der Waals surface area (Å²) < 4.78 is 10.2. The predicted molar refractivity (Wildman–Crippen MR) is 72.8 cm³/mol. The number of methoxy groups -OCH3 is 1. The molecular weight excluding hydrogens is 260 g/mol. The van der Waals surface area contributed by atoms with Crippen LogP contribution < -0.4 is 4.74 Å². The van der Waals surface area contributed by atoms with Crippen LogP contribution in [0.3, 0.4) is 0 Å². The van der Waals surface area contributed by atoms with Crippen LogP contribution in [0.25, 0.3) is 0 Å². The molecule has 1 saturated heterocycles. The maximum Gasteiger partial charge on any atom is 0.255 e. The second-order valence-corrected chi connectivity index (χ2v) is 5.09. The number of carbonyl (C=O) groups is 1. The van der Waals surface area contributed by atoms with Gasteiger partial charge in [-0.15, -0.1) is 0 Å². The number of pyridine rings is 1. The molecule has 0 aromatic carbocycles. The van der Waals surface area contributed by atoms with Crippen molar-refractivity contribution in [2.24, 2.45) is 0 Å². The molecule has 0 bridgehead atoms. The Bertz CT molecular complexity index is 455. The monoisotopic (exact) mass is 280 g/mol. The molecule has 0 radical (unpaired) electrons. The van der Waals surface area contributed by atoms with E-state index in [2.05, 4.69) is 4.98 Å². The number of likely N-dealkylation sites (N-methyl/N-ethyl adjacent to an activating group) is 1. The van der Waals surface area contributed by atoms with E-state index in [1.54, 1.807) is 19.2 Å². The normalized spacial score (nSPS) is 17.6. The van der Waals surface area contributed by atoms with E-state index in [1.165, 1.54) is 18.2 Å². The molecule has 6 heteroatoms. The fraction of sp³-hybridized carbons (Fsp3) is 0.571. The second kappa shape index (κ2) is 6.19. The van der Waals surface area contributed by atoms with E-state index < -0.39 is 5.60 Å². The van der Waals surface area contributed by atoms with E-state index in [1.807, 2.05) is 0 Å². The lowest BCUT2D eigenvalue weighted by atomic mass is 9.94. The fourth-order valence-electron chi connectivity index (χ4n) is 2.27. The number of aromatic nitrogens is 1. The Kier molecular flexibility index (Phi) is 4.57. The SMILES string of the molecule is COc1ccc(C(=O)N(C)CC2(O)CCOCC2)cn1. The highest BCUT2D eigenvalue weighted by Gasteiger charge is 2.32. The summed E-state index contributed by atoms with van der Waals surface area (Å²) in [6, 6.07) is 3.31. The standard InChI is InChI=1S/C14H20N2O4/c1-16(10-14(18)5-7-20-8-6-14)13(17)11-3-4-12(19-2)15-9-11/h3-4,9,18H,5-8,10H2,1-2H3. The minimum absolute atomic E-state index is 0.167. The third-order valence-corrected chi connectivity index (χ3v) is 3.49. The number of hydrogen-bond donors (Lipinski definition) is 1. The minimum Gasteiger partial charge on any atom is -0.481 e. The highest BCUT2D eigenvalue weighted by atomic mass is 16.5. The Morgan fingerprint density at radius 2 is 2.20 bits per heavy atom. The molecule has 20 heavy (non-hydrogen) atoms. The van der Waals surface area contributed by atoms with Gasteiger partial charge >= 0.3 is 0 Å². The Labute approximate surface area is 118 Å². The van der Waals surface area contributed by atoms with Crippen molar-refractivity contribution in [2.45, 2.75) is 18.4 Å². The van der Waals surface area contributed by atoms with Crippen molar-refractivity contribution in [3.05, 3.63) is 23.9 Å². The van der Waals surface area contributed by atoms with E-state index >= 15 is 0 Å². The number of nitrogens with zero attached hydrogens (tertiary/aromatic N) is 2. The van der Waals surface area contributed by atoms with Gasteiger partial charge in [0.15, 0.2) is 0 Å². The summed E-state index contributed by atoms with van der Waals surface area (Å²) in [4.78, 5) is 17.8. The van der Waals surface area contributed by atoms with Crippen molar-refractivity contribution < 1.29 is 19.4 Å². The van der Waals surface area contributed by atoms with Gasteiger partial charge in [-0.2, -0.15) is 0 Å². The lowest BCUT2D eigenvalue weighted by molar-refractivity contribution is -0.0734. The Morgan fingerprint density at radius 3 is 2.75 bits per heavy atom. The quantitative estimate of drug-likeness (QED) is 0.879. The summed E-state index contributed by atoms with van der Waals surface area (Å²) in [5.41, 5.74) is -0.383. The predicted octanol–water partition coefficient (Wildman–Crippen LogP) is 0.704. The largest absolute Gasteiger partial charge is 0.481 e. The van der Waals surface area contributed by atoms with Gasteiger partial charge in [-0.25, -0.2) is 4.98 Å². The molecular formula is C14H20N2O4. The molecule has 1 amide bonds. The lowest BCUT2D eigenvalue weighted by Gasteiger charge is -2.35. The first-order chi connectivity index (χ1) is 9.54. The van der Waals surface area contributed by atoms with E-state index in [0.717, 1.165) is 0 Å². The van der Waals surface area contributed by atoms with Crippen molar-refractivity contribution in [1.29, 1.82) is 0 Å². The second-order valence-electron chi connectivity index (χ2n) is 5.09. The van der Waals surface area contributed by atoms with Gasteiger partial charge in [-0.3, -0.25) is 4.79 Å². The molecule has 1 aromatic heterocycles. The summed E-state index contributed by atoms with van der Waals surface area (Å²) in [5, 5.41) is 10.4. The van der Waals surface area contributed by atoms with Crippen molar-refractivity contribution in [3.63, 3.8) is 0 Å². The van der Waals surface area contributed by atoms with E-state index in [4.69, 9.17) is 9.47 Å². The number of ether oxygens (including phenoxy) is 2. The van der Waals surface area contributed by atoms with Crippen LogP contribution in [0, 0.1) is 0 Å². The summed E-state index contributed by atoms with van der Waals surface area (Å²) in [6.07, 6.45) is 2.57. The maximum atomic E-state index is 12.3. The minimum atomic E-state index is -0.859. The molecule has 0 saturated carbocycles. The molecule has 0 aliphatic carbocycles. The van der Waals surface area contributed by atoms with E-state index in [0.29, 0.717) is 44.0 Å². The highest BCUT2D eigenvalue weighted by Crippen LogP contribution is 2.22. The smallest absolute Gasteiger partial charge is 0.255 e. The van der Waals surface area contributed by atoms with Crippen LogP contribution in [0.4, 0.5) is 0 Å². The van der Waals surface area contributed by atoms with Crippen LogP contribution in [0.2, 0.25) is 0 Å². The number of aliphatic hydroxyl groups is 1. The van der Waals surface area contributed by atoms with E-state index in [-0.39, 0.29) is 5.91 Å². The molecule has 1 aliphatic rings.